The van der Waals surface area contributed by atoms with Gasteiger partial charge in [-0.2, -0.15) is 0 Å². The molecule has 0 saturated heterocycles. The van der Waals surface area contributed by atoms with Gasteiger partial charge in [0.05, 0.1) is 13.2 Å². The summed E-state index contributed by atoms with van der Waals surface area (Å²) in [5, 5.41) is 0. The second kappa shape index (κ2) is 8.89. The molecule has 0 bridgehead atoms. The zero-order valence-corrected chi connectivity index (χ0v) is 13.6. The fourth-order valence-electron chi connectivity index (χ4n) is 1.87. The van der Waals surface area contributed by atoms with Crippen molar-refractivity contribution in [3.63, 3.8) is 0 Å². The minimum absolute atomic E-state index is 0.662. The van der Waals surface area contributed by atoms with Crippen LogP contribution in [0.2, 0.25) is 0 Å². The molecule has 1 rings (SSSR count). The largest absolute Gasteiger partial charge is 0.493 e. The summed E-state index contributed by atoms with van der Waals surface area (Å²) in [5.41, 5.74) is 1.07. The van der Waals surface area contributed by atoms with Crippen molar-refractivity contribution in [2.24, 2.45) is 11.8 Å². The van der Waals surface area contributed by atoms with Crippen molar-refractivity contribution in [3.05, 3.63) is 30.2 Å². The molecule has 20 heavy (non-hydrogen) atoms. The van der Waals surface area contributed by atoms with Gasteiger partial charge in [-0.15, -0.1) is 0 Å². The monoisotopic (exact) mass is 277 g/mol. The van der Waals surface area contributed by atoms with Gasteiger partial charge >= 0.3 is 0 Å². The number of hydrogen-bond donors (Lipinski definition) is 0. The van der Waals surface area contributed by atoms with Gasteiger partial charge in [0, 0.05) is 5.56 Å². The van der Waals surface area contributed by atoms with Crippen LogP contribution in [0.3, 0.4) is 0 Å². The van der Waals surface area contributed by atoms with Crippen molar-refractivity contribution in [1.82, 2.24) is 0 Å². The predicted octanol–water partition coefficient (Wildman–Crippen LogP) is 5.11. The molecule has 0 N–H and O–H groups in total. The molecular weight excluding hydrogens is 248 g/mol. The van der Waals surface area contributed by atoms with Crippen LogP contribution in [-0.4, -0.2) is 13.2 Å². The summed E-state index contributed by atoms with van der Waals surface area (Å²) in [4.78, 5) is 0. The van der Waals surface area contributed by atoms with Crippen molar-refractivity contribution in [3.8, 4) is 11.5 Å². The average Bonchev–Trinajstić information content (AvgIpc) is 2.38. The van der Waals surface area contributed by atoms with E-state index in [1.807, 2.05) is 25.1 Å². The van der Waals surface area contributed by atoms with Crippen molar-refractivity contribution >= 4 is 0 Å². The SMILES string of the molecule is C[CH]c1c(OCCC(C)C)cccc1OCCC(C)C. The zero-order valence-electron chi connectivity index (χ0n) is 13.6. The van der Waals surface area contributed by atoms with Crippen LogP contribution in [0.15, 0.2) is 18.2 Å². The van der Waals surface area contributed by atoms with E-state index in [1.54, 1.807) is 0 Å². The quantitative estimate of drug-likeness (QED) is 0.624. The zero-order chi connectivity index (χ0) is 15.0. The van der Waals surface area contributed by atoms with Crippen LogP contribution in [0.25, 0.3) is 0 Å². The van der Waals surface area contributed by atoms with Gasteiger partial charge in [0.25, 0.3) is 0 Å². The lowest BCUT2D eigenvalue weighted by atomic mass is 10.1. The molecule has 2 nitrogen and oxygen atoms in total. The van der Waals surface area contributed by atoms with E-state index < -0.39 is 0 Å². The van der Waals surface area contributed by atoms with E-state index in [-0.39, 0.29) is 0 Å². The Morgan fingerprint density at radius 2 is 1.35 bits per heavy atom. The molecule has 0 aromatic heterocycles. The lowest BCUT2D eigenvalue weighted by Crippen LogP contribution is -2.06. The van der Waals surface area contributed by atoms with E-state index in [1.165, 1.54) is 0 Å². The summed E-state index contributed by atoms with van der Waals surface area (Å²) in [5.74, 6) is 3.18. The molecule has 0 saturated carbocycles. The first-order chi connectivity index (χ1) is 9.54. The van der Waals surface area contributed by atoms with Crippen molar-refractivity contribution < 1.29 is 9.47 Å². The predicted molar refractivity (Wildman–Crippen MR) is 85.4 cm³/mol. The van der Waals surface area contributed by atoms with Crippen molar-refractivity contribution in [2.75, 3.05) is 13.2 Å². The van der Waals surface area contributed by atoms with E-state index in [2.05, 4.69) is 34.1 Å². The Bertz CT molecular complexity index is 351. The summed E-state index contributed by atoms with van der Waals surface area (Å²) >= 11 is 0. The van der Waals surface area contributed by atoms with Crippen LogP contribution in [0.4, 0.5) is 0 Å². The number of ether oxygens (including phenoxy) is 2. The number of benzene rings is 1. The van der Waals surface area contributed by atoms with Gasteiger partial charge in [-0.05, 0) is 43.2 Å². The maximum absolute atomic E-state index is 5.90. The molecule has 0 aliphatic heterocycles. The summed E-state index contributed by atoms with van der Waals surface area (Å²) in [6, 6.07) is 6.04. The second-order valence-electron chi connectivity index (χ2n) is 6.02. The molecule has 0 spiro atoms. The molecule has 0 fully saturated rings. The molecule has 0 heterocycles. The van der Waals surface area contributed by atoms with E-state index >= 15 is 0 Å². The third kappa shape index (κ3) is 5.85. The van der Waals surface area contributed by atoms with Gasteiger partial charge in [-0.3, -0.25) is 0 Å². The Morgan fingerprint density at radius 1 is 0.900 bits per heavy atom. The van der Waals surface area contributed by atoms with E-state index in [4.69, 9.17) is 9.47 Å². The van der Waals surface area contributed by atoms with Crippen molar-refractivity contribution in [2.45, 2.75) is 47.5 Å². The first-order valence-corrected chi connectivity index (χ1v) is 7.72. The first kappa shape index (κ1) is 16.9. The van der Waals surface area contributed by atoms with Gasteiger partial charge in [0.2, 0.25) is 0 Å². The summed E-state index contributed by atoms with van der Waals surface area (Å²) in [7, 11) is 0. The van der Waals surface area contributed by atoms with Crippen LogP contribution in [-0.2, 0) is 0 Å². The molecule has 0 amide bonds. The van der Waals surface area contributed by atoms with Gasteiger partial charge in [-0.1, -0.05) is 40.7 Å². The Kier molecular flexibility index (Phi) is 7.50. The molecule has 1 radical (unpaired) electrons. The highest BCUT2D eigenvalue weighted by Crippen LogP contribution is 2.30. The fourth-order valence-corrected chi connectivity index (χ4v) is 1.87. The first-order valence-electron chi connectivity index (χ1n) is 7.72. The maximum Gasteiger partial charge on any atom is 0.126 e. The molecule has 0 aliphatic carbocycles. The smallest absolute Gasteiger partial charge is 0.126 e. The van der Waals surface area contributed by atoms with Crippen molar-refractivity contribution in [1.29, 1.82) is 0 Å². The van der Waals surface area contributed by atoms with E-state index in [0.29, 0.717) is 11.8 Å². The van der Waals surface area contributed by atoms with Gasteiger partial charge in [-0.25, -0.2) is 0 Å². The average molecular weight is 277 g/mol. The van der Waals surface area contributed by atoms with E-state index in [0.717, 1.165) is 43.1 Å². The molecule has 0 atom stereocenters. The summed E-state index contributed by atoms with van der Waals surface area (Å²) < 4.78 is 11.8. The highest BCUT2D eigenvalue weighted by molar-refractivity contribution is 5.48. The van der Waals surface area contributed by atoms with Gasteiger partial charge in [0.1, 0.15) is 11.5 Å². The Morgan fingerprint density at radius 3 is 1.70 bits per heavy atom. The van der Waals surface area contributed by atoms with Gasteiger partial charge < -0.3 is 9.47 Å². The van der Waals surface area contributed by atoms with Gasteiger partial charge in [0.15, 0.2) is 0 Å². The molecule has 113 valence electrons. The molecule has 2 heteroatoms. The highest BCUT2D eigenvalue weighted by atomic mass is 16.5. The molecule has 0 unspecified atom stereocenters. The lowest BCUT2D eigenvalue weighted by Gasteiger charge is -2.16. The second-order valence-corrected chi connectivity index (χ2v) is 6.02. The number of rotatable bonds is 9. The third-order valence-corrected chi connectivity index (χ3v) is 3.22. The lowest BCUT2D eigenvalue weighted by molar-refractivity contribution is 0.273. The van der Waals surface area contributed by atoms with Crippen LogP contribution in [0.5, 0.6) is 11.5 Å². The Balaban J connectivity index is 2.65. The van der Waals surface area contributed by atoms with E-state index in [9.17, 15) is 0 Å². The Hall–Kier alpha value is -1.18. The molecular formula is C18H29O2. The van der Waals surface area contributed by atoms with Crippen LogP contribution >= 0.6 is 0 Å². The third-order valence-electron chi connectivity index (χ3n) is 3.22. The normalized spacial score (nSPS) is 11.2. The fraction of sp³-hybridized carbons (Fsp3) is 0.611. The summed E-state index contributed by atoms with van der Waals surface area (Å²) in [6.45, 7) is 12.4. The maximum atomic E-state index is 5.90. The Labute approximate surface area is 124 Å². The standard InChI is InChI=1S/C18H29O2/c1-6-16-17(19-12-10-14(2)3)8-7-9-18(16)20-13-11-15(4)5/h6-9,14-15H,10-13H2,1-5H3. The van der Waals surface area contributed by atoms with Crippen LogP contribution in [0.1, 0.15) is 53.0 Å². The minimum Gasteiger partial charge on any atom is -0.493 e. The topological polar surface area (TPSA) is 18.5 Å². The van der Waals surface area contributed by atoms with Crippen LogP contribution in [0, 0.1) is 18.3 Å². The minimum atomic E-state index is 0.662. The molecule has 1 aromatic carbocycles. The van der Waals surface area contributed by atoms with Crippen LogP contribution < -0.4 is 9.47 Å². The molecule has 0 aliphatic rings. The number of hydrogen-bond acceptors (Lipinski definition) is 2. The summed E-state index contributed by atoms with van der Waals surface area (Å²) in [6.07, 6.45) is 4.21. The molecule has 1 aromatic rings. The highest BCUT2D eigenvalue weighted by Gasteiger charge is 2.10.